The summed E-state index contributed by atoms with van der Waals surface area (Å²) in [5, 5.41) is 2.94. The number of ketones is 1. The molecule has 7 heteroatoms. The summed E-state index contributed by atoms with van der Waals surface area (Å²) < 4.78 is 27.2. The quantitative estimate of drug-likeness (QED) is 0.781. The van der Waals surface area contributed by atoms with E-state index in [-0.39, 0.29) is 35.6 Å². The zero-order chi connectivity index (χ0) is 20.3. The molecular formula is C21H24N2O4S. The Labute approximate surface area is 165 Å². The van der Waals surface area contributed by atoms with Crippen molar-refractivity contribution in [3.8, 4) is 0 Å². The van der Waals surface area contributed by atoms with Gasteiger partial charge in [0.2, 0.25) is 15.9 Å². The van der Waals surface area contributed by atoms with Gasteiger partial charge in [0.15, 0.2) is 5.78 Å². The summed E-state index contributed by atoms with van der Waals surface area (Å²) in [4.78, 5) is 24.2. The lowest BCUT2D eigenvalue weighted by Crippen LogP contribution is -2.41. The van der Waals surface area contributed by atoms with Gasteiger partial charge in [-0.2, -0.15) is 4.31 Å². The Bertz CT molecular complexity index is 993. The molecule has 1 aliphatic rings. The summed E-state index contributed by atoms with van der Waals surface area (Å²) in [6, 6.07) is 13.7. The van der Waals surface area contributed by atoms with Crippen LogP contribution in [0, 0.1) is 12.8 Å². The highest BCUT2D eigenvalue weighted by Gasteiger charge is 2.32. The van der Waals surface area contributed by atoms with E-state index in [1.54, 1.807) is 12.1 Å². The van der Waals surface area contributed by atoms with Gasteiger partial charge in [-0.15, -0.1) is 0 Å². The van der Waals surface area contributed by atoms with Crippen molar-refractivity contribution in [1.82, 2.24) is 4.31 Å². The molecule has 6 nitrogen and oxygen atoms in total. The van der Waals surface area contributed by atoms with Crippen LogP contribution in [0.5, 0.6) is 0 Å². The highest BCUT2D eigenvalue weighted by Crippen LogP contribution is 2.26. The van der Waals surface area contributed by atoms with Crippen molar-refractivity contribution in [2.45, 2.75) is 31.6 Å². The standard InChI is InChI=1S/C21H24N2O4S/c1-15-6-3-4-9-20(15)22-21(25)17-10-12-23(13-11-17)28(26,27)19-8-5-7-18(14-19)16(2)24/h3-9,14,17H,10-13H2,1-2H3,(H,22,25). The highest BCUT2D eigenvalue weighted by atomic mass is 32.2. The first-order valence-corrected chi connectivity index (χ1v) is 10.7. The van der Waals surface area contributed by atoms with Crippen molar-refractivity contribution >= 4 is 27.4 Å². The van der Waals surface area contributed by atoms with Crippen LogP contribution < -0.4 is 5.32 Å². The van der Waals surface area contributed by atoms with E-state index in [0.29, 0.717) is 18.4 Å². The fourth-order valence-corrected chi connectivity index (χ4v) is 4.85. The van der Waals surface area contributed by atoms with Crippen LogP contribution in [0.25, 0.3) is 0 Å². The number of amides is 1. The molecule has 0 spiro atoms. The second-order valence-corrected chi connectivity index (χ2v) is 9.00. The van der Waals surface area contributed by atoms with Gasteiger partial charge in [-0.3, -0.25) is 9.59 Å². The van der Waals surface area contributed by atoms with Crippen molar-refractivity contribution in [3.63, 3.8) is 0 Å². The fourth-order valence-electron chi connectivity index (χ4n) is 3.33. The fraction of sp³-hybridized carbons (Fsp3) is 0.333. The molecule has 1 N–H and O–H groups in total. The molecule has 0 saturated carbocycles. The van der Waals surface area contributed by atoms with Crippen LogP contribution in [0.2, 0.25) is 0 Å². The second-order valence-electron chi connectivity index (χ2n) is 7.07. The van der Waals surface area contributed by atoms with Crippen molar-refractivity contribution in [2.24, 2.45) is 5.92 Å². The number of rotatable bonds is 5. The number of carbonyl (C=O) groups excluding carboxylic acids is 2. The van der Waals surface area contributed by atoms with E-state index < -0.39 is 10.0 Å². The Kier molecular flexibility index (Phi) is 5.96. The second kappa shape index (κ2) is 8.24. The van der Waals surface area contributed by atoms with Gasteiger partial charge in [-0.25, -0.2) is 8.42 Å². The summed E-state index contributed by atoms with van der Waals surface area (Å²) in [5.74, 6) is -0.483. The van der Waals surface area contributed by atoms with Crippen molar-refractivity contribution in [2.75, 3.05) is 18.4 Å². The number of aryl methyl sites for hydroxylation is 1. The third-order valence-corrected chi connectivity index (χ3v) is 7.00. The summed E-state index contributed by atoms with van der Waals surface area (Å²) in [6.45, 7) is 3.89. The lowest BCUT2D eigenvalue weighted by Gasteiger charge is -2.30. The maximum absolute atomic E-state index is 12.9. The highest BCUT2D eigenvalue weighted by molar-refractivity contribution is 7.89. The Morgan fingerprint density at radius 2 is 1.71 bits per heavy atom. The molecule has 1 aliphatic heterocycles. The SMILES string of the molecule is CC(=O)c1cccc(S(=O)(=O)N2CCC(C(=O)Nc3ccccc3C)CC2)c1. The van der Waals surface area contributed by atoms with Gasteiger partial charge in [0.05, 0.1) is 4.90 Å². The molecule has 0 atom stereocenters. The maximum Gasteiger partial charge on any atom is 0.243 e. The molecule has 1 amide bonds. The van der Waals surface area contributed by atoms with Gasteiger partial charge in [0, 0.05) is 30.3 Å². The third kappa shape index (κ3) is 4.31. The summed E-state index contributed by atoms with van der Waals surface area (Å²) in [5.41, 5.74) is 2.14. The predicted molar refractivity (Wildman–Crippen MR) is 108 cm³/mol. The predicted octanol–water partition coefficient (Wildman–Crippen LogP) is 3.24. The van der Waals surface area contributed by atoms with Crippen LogP contribution in [0.3, 0.4) is 0 Å². The van der Waals surface area contributed by atoms with Gasteiger partial charge in [0.25, 0.3) is 0 Å². The van der Waals surface area contributed by atoms with E-state index >= 15 is 0 Å². The van der Waals surface area contributed by atoms with E-state index in [1.807, 2.05) is 31.2 Å². The first-order chi connectivity index (χ1) is 13.3. The number of hydrogen-bond donors (Lipinski definition) is 1. The minimum Gasteiger partial charge on any atom is -0.326 e. The molecule has 3 rings (SSSR count). The molecule has 1 heterocycles. The number of benzene rings is 2. The summed E-state index contributed by atoms with van der Waals surface area (Å²) in [7, 11) is -3.68. The average molecular weight is 401 g/mol. The van der Waals surface area contributed by atoms with E-state index in [0.717, 1.165) is 11.3 Å². The minimum atomic E-state index is -3.68. The van der Waals surface area contributed by atoms with Crippen LogP contribution in [-0.4, -0.2) is 37.5 Å². The molecule has 0 aliphatic carbocycles. The Hall–Kier alpha value is -2.51. The number of piperidine rings is 1. The lowest BCUT2D eigenvalue weighted by molar-refractivity contribution is -0.120. The average Bonchev–Trinajstić information content (AvgIpc) is 2.70. The molecule has 1 saturated heterocycles. The van der Waals surface area contributed by atoms with Gasteiger partial charge in [-0.1, -0.05) is 30.3 Å². The van der Waals surface area contributed by atoms with E-state index in [2.05, 4.69) is 5.32 Å². The largest absolute Gasteiger partial charge is 0.326 e. The Morgan fingerprint density at radius 1 is 1.04 bits per heavy atom. The van der Waals surface area contributed by atoms with Crippen LogP contribution in [0.15, 0.2) is 53.4 Å². The maximum atomic E-state index is 12.9. The number of anilines is 1. The van der Waals surface area contributed by atoms with Gasteiger partial charge in [0.1, 0.15) is 0 Å². The summed E-state index contributed by atoms with van der Waals surface area (Å²) >= 11 is 0. The molecule has 0 aromatic heterocycles. The first-order valence-electron chi connectivity index (χ1n) is 9.26. The zero-order valence-electron chi connectivity index (χ0n) is 16.0. The number of Topliss-reactive ketones (excluding diaryl/α,β-unsaturated/α-hetero) is 1. The van der Waals surface area contributed by atoms with Crippen LogP contribution in [-0.2, 0) is 14.8 Å². The summed E-state index contributed by atoms with van der Waals surface area (Å²) in [6.07, 6.45) is 0.923. The zero-order valence-corrected chi connectivity index (χ0v) is 16.8. The molecule has 2 aromatic rings. The van der Waals surface area contributed by atoms with Crippen LogP contribution in [0.4, 0.5) is 5.69 Å². The number of sulfonamides is 1. The Balaban J connectivity index is 1.66. The monoisotopic (exact) mass is 400 g/mol. The van der Waals surface area contributed by atoms with Gasteiger partial charge >= 0.3 is 0 Å². The molecule has 28 heavy (non-hydrogen) atoms. The minimum absolute atomic E-state index is 0.0788. The number of para-hydroxylation sites is 1. The van der Waals surface area contributed by atoms with Crippen LogP contribution in [0.1, 0.15) is 35.7 Å². The molecule has 0 unspecified atom stereocenters. The normalized spacial score (nSPS) is 15.9. The number of carbonyl (C=O) groups is 2. The van der Waals surface area contributed by atoms with Crippen molar-refractivity contribution in [1.29, 1.82) is 0 Å². The molecule has 0 bridgehead atoms. The van der Waals surface area contributed by atoms with Crippen LogP contribution >= 0.6 is 0 Å². The molecule has 2 aromatic carbocycles. The van der Waals surface area contributed by atoms with E-state index in [1.165, 1.54) is 23.4 Å². The number of hydrogen-bond acceptors (Lipinski definition) is 4. The number of nitrogens with one attached hydrogen (secondary N) is 1. The molecular weight excluding hydrogens is 376 g/mol. The van der Waals surface area contributed by atoms with Gasteiger partial charge in [-0.05, 0) is 50.5 Å². The third-order valence-electron chi connectivity index (χ3n) is 5.11. The molecule has 1 fully saturated rings. The van der Waals surface area contributed by atoms with Crippen molar-refractivity contribution < 1.29 is 18.0 Å². The van der Waals surface area contributed by atoms with E-state index in [9.17, 15) is 18.0 Å². The molecule has 148 valence electrons. The van der Waals surface area contributed by atoms with Crippen molar-refractivity contribution in [3.05, 3.63) is 59.7 Å². The lowest BCUT2D eigenvalue weighted by atomic mass is 9.97. The van der Waals surface area contributed by atoms with E-state index in [4.69, 9.17) is 0 Å². The topological polar surface area (TPSA) is 83.6 Å². The first kappa shape index (κ1) is 20.2. The molecule has 0 radical (unpaired) electrons. The van der Waals surface area contributed by atoms with Gasteiger partial charge < -0.3 is 5.32 Å². The number of nitrogens with zero attached hydrogens (tertiary/aromatic N) is 1. The Morgan fingerprint density at radius 3 is 2.36 bits per heavy atom. The smallest absolute Gasteiger partial charge is 0.243 e.